The van der Waals surface area contributed by atoms with Crippen molar-refractivity contribution in [3.05, 3.63) is 58.1 Å². The van der Waals surface area contributed by atoms with Crippen molar-refractivity contribution in [3.63, 3.8) is 0 Å². The molecule has 1 aliphatic rings. The molecule has 2 aromatic rings. The second-order valence-corrected chi connectivity index (χ2v) is 11.6. The summed E-state index contributed by atoms with van der Waals surface area (Å²) < 4.78 is 38.2. The molecule has 0 aliphatic carbocycles. The number of rotatable bonds is 10. The molecular formula is C26H35ClN2O6S. The Morgan fingerprint density at radius 3 is 2.25 bits per heavy atom. The zero-order valence-corrected chi connectivity index (χ0v) is 22.9. The number of ether oxygens (including phenoxy) is 2. The first-order chi connectivity index (χ1) is 17.0. The van der Waals surface area contributed by atoms with Crippen LogP contribution in [0, 0.1) is 13.8 Å². The molecule has 1 amide bonds. The van der Waals surface area contributed by atoms with Crippen molar-refractivity contribution in [2.45, 2.75) is 43.6 Å². The fraction of sp³-hybridized carbons (Fsp3) is 0.500. The third-order valence-corrected chi connectivity index (χ3v) is 9.09. The molecular weight excluding hydrogens is 504 g/mol. The first-order valence-electron chi connectivity index (χ1n) is 11.9. The first kappa shape index (κ1) is 28.4. The van der Waals surface area contributed by atoms with E-state index in [2.05, 4.69) is 0 Å². The van der Waals surface area contributed by atoms with E-state index in [1.54, 1.807) is 50.1 Å². The van der Waals surface area contributed by atoms with Crippen molar-refractivity contribution in [3.8, 4) is 5.75 Å². The van der Waals surface area contributed by atoms with Gasteiger partial charge in [0.1, 0.15) is 5.75 Å². The highest BCUT2D eigenvalue weighted by Gasteiger charge is 2.35. The highest BCUT2D eigenvalue weighted by atomic mass is 35.5. The van der Waals surface area contributed by atoms with Gasteiger partial charge in [-0.25, -0.2) is 8.42 Å². The summed E-state index contributed by atoms with van der Waals surface area (Å²) in [5.74, 6) is 0.571. The van der Waals surface area contributed by atoms with Crippen LogP contribution in [-0.2, 0) is 25.2 Å². The highest BCUT2D eigenvalue weighted by Crippen LogP contribution is 2.33. The zero-order chi connectivity index (χ0) is 26.5. The summed E-state index contributed by atoms with van der Waals surface area (Å²) in [5.41, 5.74) is 1.08. The molecule has 8 nitrogen and oxygen atoms in total. The monoisotopic (exact) mass is 538 g/mol. The van der Waals surface area contributed by atoms with Gasteiger partial charge in [0.25, 0.3) is 0 Å². The molecule has 1 saturated heterocycles. The van der Waals surface area contributed by atoms with Crippen LogP contribution in [0.25, 0.3) is 0 Å². The van der Waals surface area contributed by atoms with Gasteiger partial charge in [0.2, 0.25) is 15.9 Å². The van der Waals surface area contributed by atoms with Crippen LogP contribution >= 0.6 is 11.6 Å². The maximum absolute atomic E-state index is 13.1. The van der Waals surface area contributed by atoms with Gasteiger partial charge in [-0.3, -0.25) is 4.79 Å². The summed E-state index contributed by atoms with van der Waals surface area (Å²) in [4.78, 5) is 14.6. The number of aryl methyl sites for hydroxylation is 2. The van der Waals surface area contributed by atoms with Crippen LogP contribution < -0.4 is 4.74 Å². The van der Waals surface area contributed by atoms with Crippen molar-refractivity contribution >= 4 is 27.5 Å². The fourth-order valence-electron chi connectivity index (χ4n) is 4.50. The van der Waals surface area contributed by atoms with E-state index in [0.717, 1.165) is 5.56 Å². The number of halogens is 1. The zero-order valence-electron chi connectivity index (χ0n) is 21.3. The number of benzene rings is 2. The van der Waals surface area contributed by atoms with E-state index in [0.29, 0.717) is 47.8 Å². The third kappa shape index (κ3) is 6.58. The van der Waals surface area contributed by atoms with E-state index in [-0.39, 0.29) is 37.0 Å². The van der Waals surface area contributed by atoms with Gasteiger partial charge in [0.15, 0.2) is 0 Å². The van der Waals surface area contributed by atoms with Gasteiger partial charge in [0, 0.05) is 31.7 Å². The minimum absolute atomic E-state index is 0.0429. The number of sulfonamides is 1. The Bertz CT molecular complexity index is 1140. The van der Waals surface area contributed by atoms with E-state index < -0.39 is 15.6 Å². The van der Waals surface area contributed by atoms with Crippen LogP contribution in [-0.4, -0.2) is 75.6 Å². The van der Waals surface area contributed by atoms with Crippen LogP contribution in [0.3, 0.4) is 0 Å². The third-order valence-electron chi connectivity index (χ3n) is 6.67. The van der Waals surface area contributed by atoms with Crippen LogP contribution in [0.1, 0.15) is 36.0 Å². The highest BCUT2D eigenvalue weighted by molar-refractivity contribution is 7.89. The number of likely N-dealkylation sites (tertiary alicyclic amines) is 1. The van der Waals surface area contributed by atoms with Gasteiger partial charge in [-0.05, 0) is 67.6 Å². The summed E-state index contributed by atoms with van der Waals surface area (Å²) in [6.45, 7) is 4.95. The minimum atomic E-state index is -3.69. The Morgan fingerprint density at radius 2 is 1.69 bits per heavy atom. The quantitative estimate of drug-likeness (QED) is 0.465. The average molecular weight is 539 g/mol. The molecule has 1 N–H and O–H groups in total. The molecule has 0 radical (unpaired) electrons. The van der Waals surface area contributed by atoms with E-state index >= 15 is 0 Å². The minimum Gasteiger partial charge on any atom is -0.497 e. The molecule has 0 bridgehead atoms. The van der Waals surface area contributed by atoms with E-state index in [9.17, 15) is 18.3 Å². The number of hydrogen-bond acceptors (Lipinski definition) is 6. The Hall–Kier alpha value is -2.17. The summed E-state index contributed by atoms with van der Waals surface area (Å²) >= 11 is 5.94. The lowest BCUT2D eigenvalue weighted by atomic mass is 9.84. The van der Waals surface area contributed by atoms with Gasteiger partial charge in [-0.15, -0.1) is 0 Å². The van der Waals surface area contributed by atoms with Crippen molar-refractivity contribution in [2.24, 2.45) is 0 Å². The van der Waals surface area contributed by atoms with Gasteiger partial charge in [-0.2, -0.15) is 4.31 Å². The fourth-order valence-corrected chi connectivity index (χ4v) is 6.18. The molecule has 0 unspecified atom stereocenters. The summed E-state index contributed by atoms with van der Waals surface area (Å²) in [5, 5.41) is 11.6. The second kappa shape index (κ2) is 11.9. The van der Waals surface area contributed by atoms with Crippen molar-refractivity contribution in [1.82, 2.24) is 9.21 Å². The molecule has 3 rings (SSSR count). The molecule has 10 heteroatoms. The topological polar surface area (TPSA) is 96.4 Å². The Kier molecular flexibility index (Phi) is 9.40. The van der Waals surface area contributed by atoms with Gasteiger partial charge in [0.05, 0.1) is 37.2 Å². The molecule has 0 aromatic heterocycles. The van der Waals surface area contributed by atoms with Crippen LogP contribution in [0.4, 0.5) is 0 Å². The molecule has 1 fully saturated rings. The molecule has 2 aromatic carbocycles. The van der Waals surface area contributed by atoms with Crippen LogP contribution in [0.5, 0.6) is 5.75 Å². The lowest BCUT2D eigenvalue weighted by molar-refractivity contribution is -0.136. The molecule has 36 heavy (non-hydrogen) atoms. The first-order valence-corrected chi connectivity index (χ1v) is 13.8. The molecule has 1 heterocycles. The average Bonchev–Trinajstić information content (AvgIpc) is 2.83. The van der Waals surface area contributed by atoms with Crippen LogP contribution in [0.2, 0.25) is 5.02 Å². The smallest absolute Gasteiger partial charge is 0.243 e. The number of amides is 1. The standard InChI is InChI=1S/C26H35ClN2O6S/c1-19-17-23(34-4)18-20(2)25(19)36(32,33)28(3)14-16-35-15-9-24(30)29-12-10-26(31,11-13-29)21-5-7-22(27)8-6-21/h5-8,17-18,31H,9-16H2,1-4H3. The molecule has 0 saturated carbocycles. The molecule has 0 spiro atoms. The van der Waals surface area contributed by atoms with E-state index in [4.69, 9.17) is 21.1 Å². The number of methoxy groups -OCH3 is 1. The van der Waals surface area contributed by atoms with Crippen molar-refractivity contribution in [1.29, 1.82) is 0 Å². The van der Waals surface area contributed by atoms with Crippen LogP contribution in [0.15, 0.2) is 41.3 Å². The number of piperidine rings is 1. The Balaban J connectivity index is 1.43. The van der Waals surface area contributed by atoms with Crippen molar-refractivity contribution < 1.29 is 27.8 Å². The predicted molar refractivity (Wildman–Crippen MR) is 139 cm³/mol. The van der Waals surface area contributed by atoms with E-state index in [1.165, 1.54) is 11.4 Å². The maximum atomic E-state index is 13.1. The summed E-state index contributed by atoms with van der Waals surface area (Å²) in [6, 6.07) is 10.6. The predicted octanol–water partition coefficient (Wildman–Crippen LogP) is 3.50. The van der Waals surface area contributed by atoms with Gasteiger partial charge < -0.3 is 19.5 Å². The van der Waals surface area contributed by atoms with E-state index in [1.807, 2.05) is 12.1 Å². The number of likely N-dealkylation sites (N-methyl/N-ethyl adjacent to an activating group) is 1. The number of carbonyl (C=O) groups is 1. The lowest BCUT2D eigenvalue weighted by Crippen LogP contribution is -2.45. The number of aliphatic hydroxyl groups is 1. The summed E-state index contributed by atoms with van der Waals surface area (Å²) in [6.07, 6.45) is 1.11. The lowest BCUT2D eigenvalue weighted by Gasteiger charge is -2.38. The van der Waals surface area contributed by atoms with Gasteiger partial charge >= 0.3 is 0 Å². The molecule has 1 aliphatic heterocycles. The molecule has 0 atom stereocenters. The number of carbonyl (C=O) groups excluding carboxylic acids is 1. The Labute approximate surface area is 218 Å². The largest absolute Gasteiger partial charge is 0.497 e. The normalized spacial score (nSPS) is 15.8. The van der Waals surface area contributed by atoms with Gasteiger partial charge in [-0.1, -0.05) is 23.7 Å². The SMILES string of the molecule is COc1cc(C)c(S(=O)(=O)N(C)CCOCCC(=O)N2CCC(O)(c3ccc(Cl)cc3)CC2)c(C)c1. The van der Waals surface area contributed by atoms with Crippen molar-refractivity contribution in [2.75, 3.05) is 47.0 Å². The maximum Gasteiger partial charge on any atom is 0.243 e. The number of nitrogens with zero attached hydrogens (tertiary/aromatic N) is 2. The number of hydrogen-bond donors (Lipinski definition) is 1. The Morgan fingerprint density at radius 1 is 1.11 bits per heavy atom. The molecule has 198 valence electrons. The summed E-state index contributed by atoms with van der Waals surface area (Å²) in [7, 11) is -0.630. The second-order valence-electron chi connectivity index (χ2n) is 9.20.